The van der Waals surface area contributed by atoms with Crippen molar-refractivity contribution in [3.8, 4) is 11.5 Å². The van der Waals surface area contributed by atoms with Gasteiger partial charge in [-0.25, -0.2) is 0 Å². The van der Waals surface area contributed by atoms with Gasteiger partial charge in [-0.1, -0.05) is 30.3 Å². The molecule has 0 bridgehead atoms. The first-order valence-corrected chi connectivity index (χ1v) is 8.89. The summed E-state index contributed by atoms with van der Waals surface area (Å²) in [5.74, 6) is 0.617. The topological polar surface area (TPSA) is 67.8 Å². The molecule has 0 spiro atoms. The summed E-state index contributed by atoms with van der Waals surface area (Å²) in [5.41, 5.74) is 4.39. The van der Waals surface area contributed by atoms with E-state index >= 15 is 0 Å². The Morgan fingerprint density at radius 1 is 1.19 bits per heavy atom. The zero-order valence-corrected chi connectivity index (χ0v) is 15.1. The monoisotopic (exact) mass is 363 g/mol. The molecular formula is C22H21NO4. The highest BCUT2D eigenvalue weighted by Gasteiger charge is 2.25. The summed E-state index contributed by atoms with van der Waals surface area (Å²) in [6, 6.07) is 13.2. The molecule has 0 saturated carbocycles. The van der Waals surface area contributed by atoms with E-state index in [2.05, 4.69) is 17.4 Å². The molecule has 4 rings (SSSR count). The Labute approximate surface area is 157 Å². The van der Waals surface area contributed by atoms with Gasteiger partial charge < -0.3 is 19.9 Å². The minimum atomic E-state index is 0.0117. The number of rotatable bonds is 3. The lowest BCUT2D eigenvalue weighted by molar-refractivity contribution is -0.114. The molecule has 0 amide bonds. The molecule has 2 N–H and O–H groups in total. The minimum absolute atomic E-state index is 0.0117. The Kier molecular flexibility index (Phi) is 4.69. The van der Waals surface area contributed by atoms with Crippen LogP contribution in [0, 0.1) is 0 Å². The van der Waals surface area contributed by atoms with Gasteiger partial charge in [-0.05, 0) is 35.4 Å². The number of hydrogen-bond acceptors (Lipinski definition) is 5. The number of phenols is 1. The number of carbonyl (C=O) groups is 1. The van der Waals surface area contributed by atoms with Crippen molar-refractivity contribution in [3.63, 3.8) is 0 Å². The fraction of sp³-hybridized carbons (Fsp3) is 0.227. The predicted molar refractivity (Wildman–Crippen MR) is 104 cm³/mol. The van der Waals surface area contributed by atoms with Gasteiger partial charge in [-0.2, -0.15) is 0 Å². The van der Waals surface area contributed by atoms with Gasteiger partial charge >= 0.3 is 0 Å². The van der Waals surface area contributed by atoms with Gasteiger partial charge in [0.1, 0.15) is 0 Å². The van der Waals surface area contributed by atoms with Crippen molar-refractivity contribution < 1.29 is 19.4 Å². The van der Waals surface area contributed by atoms with Crippen LogP contribution in [0.15, 0.2) is 59.7 Å². The second-order valence-corrected chi connectivity index (χ2v) is 6.69. The average Bonchev–Trinajstić information content (AvgIpc) is 3.09. The number of carbonyl (C=O) groups excluding carboxylic acids is 1. The van der Waals surface area contributed by atoms with E-state index in [4.69, 9.17) is 9.47 Å². The SMILES string of the molecule is COc1cc(/C=C2\COC/C(=C\C3CNc4ccccc43)C2=O)ccc1O. The standard InChI is InChI=1S/C22H21NO4/c1-26-21-9-14(6-7-20(21)24)8-16-12-27-13-17(22(16)25)10-15-11-23-19-5-3-2-4-18(15)19/h2-10,15,23-24H,11-13H2,1H3/b16-8+,17-10+. The van der Waals surface area contributed by atoms with Crippen molar-refractivity contribution in [3.05, 3.63) is 70.8 Å². The van der Waals surface area contributed by atoms with Crippen LogP contribution >= 0.6 is 0 Å². The van der Waals surface area contributed by atoms with Crippen molar-refractivity contribution in [1.29, 1.82) is 0 Å². The van der Waals surface area contributed by atoms with Crippen LogP contribution in [0.4, 0.5) is 5.69 Å². The molecule has 2 aliphatic rings. The molecule has 1 fully saturated rings. The lowest BCUT2D eigenvalue weighted by Gasteiger charge is -2.19. The number of para-hydroxylation sites is 1. The lowest BCUT2D eigenvalue weighted by Crippen LogP contribution is -2.22. The van der Waals surface area contributed by atoms with Crippen LogP contribution in [0.5, 0.6) is 11.5 Å². The molecule has 5 nitrogen and oxygen atoms in total. The molecule has 1 unspecified atom stereocenters. The first-order valence-electron chi connectivity index (χ1n) is 8.89. The molecule has 0 radical (unpaired) electrons. The molecule has 2 aliphatic heterocycles. The Balaban J connectivity index is 1.60. The maximum absolute atomic E-state index is 12.9. The molecule has 138 valence electrons. The summed E-state index contributed by atoms with van der Waals surface area (Å²) in [6.07, 6.45) is 3.81. The maximum Gasteiger partial charge on any atom is 0.189 e. The number of ether oxygens (including phenoxy) is 2. The van der Waals surface area contributed by atoms with Gasteiger partial charge in [0.2, 0.25) is 0 Å². The highest BCUT2D eigenvalue weighted by molar-refractivity contribution is 6.12. The van der Waals surface area contributed by atoms with E-state index in [1.807, 2.05) is 18.2 Å². The summed E-state index contributed by atoms with van der Waals surface area (Å²) in [4.78, 5) is 12.9. The fourth-order valence-corrected chi connectivity index (χ4v) is 3.53. The fourth-order valence-electron chi connectivity index (χ4n) is 3.53. The molecular weight excluding hydrogens is 342 g/mol. The summed E-state index contributed by atoms with van der Waals surface area (Å²) >= 11 is 0. The molecule has 1 saturated heterocycles. The van der Waals surface area contributed by atoms with Crippen LogP contribution in [0.3, 0.4) is 0 Å². The molecule has 27 heavy (non-hydrogen) atoms. The molecule has 0 aliphatic carbocycles. The van der Waals surface area contributed by atoms with E-state index in [1.54, 1.807) is 24.3 Å². The number of phenolic OH excluding ortho intramolecular Hbond substituents is 1. The average molecular weight is 363 g/mol. The number of nitrogens with one attached hydrogen (secondary N) is 1. The third-order valence-corrected chi connectivity index (χ3v) is 4.92. The third kappa shape index (κ3) is 3.46. The van der Waals surface area contributed by atoms with Gasteiger partial charge in [0.15, 0.2) is 17.3 Å². The van der Waals surface area contributed by atoms with Gasteiger partial charge in [0, 0.05) is 29.3 Å². The van der Waals surface area contributed by atoms with Crippen LogP contribution in [0.1, 0.15) is 17.0 Å². The zero-order valence-electron chi connectivity index (χ0n) is 15.1. The highest BCUT2D eigenvalue weighted by Crippen LogP contribution is 2.34. The van der Waals surface area contributed by atoms with Crippen LogP contribution in [-0.4, -0.2) is 37.8 Å². The smallest absolute Gasteiger partial charge is 0.189 e. The molecule has 1 atom stereocenters. The Morgan fingerprint density at radius 2 is 2.00 bits per heavy atom. The summed E-state index contributed by atoms with van der Waals surface area (Å²) in [6.45, 7) is 1.39. The lowest BCUT2D eigenvalue weighted by atomic mass is 9.93. The number of anilines is 1. The van der Waals surface area contributed by atoms with Crippen molar-refractivity contribution in [2.75, 3.05) is 32.2 Å². The number of hydrogen-bond donors (Lipinski definition) is 2. The van der Waals surface area contributed by atoms with Gasteiger partial charge in [-0.15, -0.1) is 0 Å². The number of fused-ring (bicyclic) bond motifs is 1. The minimum Gasteiger partial charge on any atom is -0.504 e. The van der Waals surface area contributed by atoms with Gasteiger partial charge in [0.05, 0.1) is 20.3 Å². The Hall–Kier alpha value is -3.05. The first-order chi connectivity index (χ1) is 13.2. The second kappa shape index (κ2) is 7.29. The Morgan fingerprint density at radius 3 is 2.85 bits per heavy atom. The van der Waals surface area contributed by atoms with Gasteiger partial charge in [0.25, 0.3) is 0 Å². The van der Waals surface area contributed by atoms with Crippen LogP contribution < -0.4 is 10.1 Å². The number of aromatic hydroxyl groups is 1. The first kappa shape index (κ1) is 17.4. The molecule has 5 heteroatoms. The van der Waals surface area contributed by atoms with Crippen molar-refractivity contribution >= 4 is 17.5 Å². The maximum atomic E-state index is 12.9. The summed E-state index contributed by atoms with van der Waals surface area (Å²) in [7, 11) is 1.50. The van der Waals surface area contributed by atoms with E-state index in [0.717, 1.165) is 17.8 Å². The number of benzene rings is 2. The van der Waals surface area contributed by atoms with E-state index < -0.39 is 0 Å². The van der Waals surface area contributed by atoms with E-state index in [-0.39, 0.29) is 24.1 Å². The van der Waals surface area contributed by atoms with Crippen molar-refractivity contribution in [2.24, 2.45) is 0 Å². The third-order valence-electron chi connectivity index (χ3n) is 4.92. The molecule has 0 aromatic heterocycles. The quantitative estimate of drug-likeness (QED) is 0.817. The number of Topliss-reactive ketones (excluding diaryl/α,β-unsaturated/α-hetero) is 1. The Bertz CT molecular complexity index is 945. The normalized spacial score (nSPS) is 22.0. The zero-order chi connectivity index (χ0) is 18.8. The number of ketones is 1. The molecule has 2 aromatic carbocycles. The highest BCUT2D eigenvalue weighted by atomic mass is 16.5. The molecule has 2 heterocycles. The van der Waals surface area contributed by atoms with Crippen molar-refractivity contribution in [2.45, 2.75) is 5.92 Å². The number of methoxy groups -OCH3 is 1. The molecule has 2 aromatic rings. The van der Waals surface area contributed by atoms with E-state index in [9.17, 15) is 9.90 Å². The summed E-state index contributed by atoms with van der Waals surface area (Å²) in [5, 5.41) is 13.1. The van der Waals surface area contributed by atoms with Crippen molar-refractivity contribution in [1.82, 2.24) is 0 Å². The largest absolute Gasteiger partial charge is 0.504 e. The summed E-state index contributed by atoms with van der Waals surface area (Å²) < 4.78 is 10.8. The van der Waals surface area contributed by atoms with E-state index in [0.29, 0.717) is 23.5 Å². The van der Waals surface area contributed by atoms with E-state index in [1.165, 1.54) is 12.7 Å². The predicted octanol–water partition coefficient (Wildman–Crippen LogP) is 3.52. The second-order valence-electron chi connectivity index (χ2n) is 6.69. The van der Waals surface area contributed by atoms with Crippen LogP contribution in [0.25, 0.3) is 6.08 Å². The van der Waals surface area contributed by atoms with Gasteiger partial charge in [-0.3, -0.25) is 4.79 Å². The van der Waals surface area contributed by atoms with Crippen LogP contribution in [-0.2, 0) is 9.53 Å². The van der Waals surface area contributed by atoms with Crippen LogP contribution in [0.2, 0.25) is 0 Å².